The van der Waals surface area contributed by atoms with Crippen LogP contribution in [0, 0.1) is 0 Å². The standard InChI is InChI=1S/C18H24N4O/c1-20-10-12-21(13-11-20)17-14-18(23)22(19-15-17)9-5-8-16-6-3-2-4-7-16/h2-4,6-7,14-15H,5,8-13H2,1H3. The summed E-state index contributed by atoms with van der Waals surface area (Å²) in [4.78, 5) is 16.8. The molecule has 0 aliphatic carbocycles. The molecule has 1 fully saturated rings. The van der Waals surface area contributed by atoms with Gasteiger partial charge in [-0.1, -0.05) is 30.3 Å². The van der Waals surface area contributed by atoms with E-state index >= 15 is 0 Å². The molecule has 23 heavy (non-hydrogen) atoms. The molecule has 0 atom stereocenters. The summed E-state index contributed by atoms with van der Waals surface area (Å²) in [5.74, 6) is 0. The Balaban J connectivity index is 1.58. The third kappa shape index (κ3) is 4.20. The first kappa shape index (κ1) is 15.7. The molecule has 2 heterocycles. The Morgan fingerprint density at radius 3 is 2.52 bits per heavy atom. The first-order valence-corrected chi connectivity index (χ1v) is 8.27. The van der Waals surface area contributed by atoms with Gasteiger partial charge in [-0.3, -0.25) is 4.79 Å². The average molecular weight is 312 g/mol. The lowest BCUT2D eigenvalue weighted by Gasteiger charge is -2.33. The maximum atomic E-state index is 12.3. The molecule has 0 spiro atoms. The highest BCUT2D eigenvalue weighted by Crippen LogP contribution is 2.12. The second-order valence-electron chi connectivity index (χ2n) is 6.15. The number of anilines is 1. The van der Waals surface area contributed by atoms with Gasteiger partial charge in [0.1, 0.15) is 0 Å². The number of aryl methyl sites for hydroxylation is 2. The van der Waals surface area contributed by atoms with Gasteiger partial charge in [0.25, 0.3) is 5.56 Å². The fraction of sp³-hybridized carbons (Fsp3) is 0.444. The van der Waals surface area contributed by atoms with Crippen LogP contribution in [0.3, 0.4) is 0 Å². The molecule has 1 saturated heterocycles. The summed E-state index contributed by atoms with van der Waals surface area (Å²) >= 11 is 0. The average Bonchev–Trinajstić information content (AvgIpc) is 2.58. The van der Waals surface area contributed by atoms with Gasteiger partial charge in [-0.2, -0.15) is 5.10 Å². The summed E-state index contributed by atoms with van der Waals surface area (Å²) in [5.41, 5.74) is 2.24. The minimum atomic E-state index is -0.00510. The highest BCUT2D eigenvalue weighted by Gasteiger charge is 2.15. The van der Waals surface area contributed by atoms with Crippen LogP contribution < -0.4 is 10.5 Å². The van der Waals surface area contributed by atoms with Crippen LogP contribution in [0.5, 0.6) is 0 Å². The van der Waals surface area contributed by atoms with Crippen molar-refractivity contribution in [2.24, 2.45) is 0 Å². The fourth-order valence-electron chi connectivity index (χ4n) is 2.91. The van der Waals surface area contributed by atoms with Crippen molar-refractivity contribution in [3.63, 3.8) is 0 Å². The van der Waals surface area contributed by atoms with Gasteiger partial charge in [-0.15, -0.1) is 0 Å². The highest BCUT2D eigenvalue weighted by atomic mass is 16.1. The molecule has 0 bridgehead atoms. The van der Waals surface area contributed by atoms with Crippen molar-refractivity contribution in [1.82, 2.24) is 14.7 Å². The van der Waals surface area contributed by atoms with E-state index in [0.29, 0.717) is 6.54 Å². The minimum absolute atomic E-state index is 0.00510. The second-order valence-corrected chi connectivity index (χ2v) is 6.15. The number of nitrogens with zero attached hydrogens (tertiary/aromatic N) is 4. The number of piperazine rings is 1. The van der Waals surface area contributed by atoms with Gasteiger partial charge < -0.3 is 9.80 Å². The van der Waals surface area contributed by atoms with Crippen molar-refractivity contribution in [2.75, 3.05) is 38.1 Å². The number of hydrogen-bond acceptors (Lipinski definition) is 4. The van der Waals surface area contributed by atoms with Crippen molar-refractivity contribution in [3.05, 3.63) is 58.5 Å². The maximum absolute atomic E-state index is 12.3. The lowest BCUT2D eigenvalue weighted by Crippen LogP contribution is -2.45. The predicted octanol–water partition coefficient (Wildman–Crippen LogP) is 1.63. The van der Waals surface area contributed by atoms with Crippen LogP contribution in [-0.4, -0.2) is 47.9 Å². The fourth-order valence-corrected chi connectivity index (χ4v) is 2.91. The first-order valence-electron chi connectivity index (χ1n) is 8.27. The summed E-state index contributed by atoms with van der Waals surface area (Å²) in [5, 5.41) is 4.35. The Kier molecular flexibility index (Phi) is 5.08. The Morgan fingerprint density at radius 2 is 1.83 bits per heavy atom. The van der Waals surface area contributed by atoms with Crippen molar-refractivity contribution < 1.29 is 0 Å². The minimum Gasteiger partial charge on any atom is -0.368 e. The van der Waals surface area contributed by atoms with E-state index in [9.17, 15) is 4.79 Å². The number of likely N-dealkylation sites (N-methyl/N-ethyl adjacent to an activating group) is 1. The Bertz CT molecular complexity index is 675. The largest absolute Gasteiger partial charge is 0.368 e. The van der Waals surface area contributed by atoms with Crippen LogP contribution in [-0.2, 0) is 13.0 Å². The summed E-state index contributed by atoms with van der Waals surface area (Å²) in [6, 6.07) is 12.1. The third-order valence-electron chi connectivity index (χ3n) is 4.40. The molecule has 5 nitrogen and oxygen atoms in total. The molecule has 0 radical (unpaired) electrons. The molecule has 0 unspecified atom stereocenters. The molecule has 0 saturated carbocycles. The molecule has 0 amide bonds. The van der Waals surface area contributed by atoms with Gasteiger partial charge in [0.15, 0.2) is 0 Å². The van der Waals surface area contributed by atoms with Gasteiger partial charge in [-0.25, -0.2) is 4.68 Å². The van der Waals surface area contributed by atoms with Crippen LogP contribution in [0.25, 0.3) is 0 Å². The van der Waals surface area contributed by atoms with Gasteiger partial charge in [0.05, 0.1) is 11.9 Å². The van der Waals surface area contributed by atoms with E-state index in [0.717, 1.165) is 44.7 Å². The van der Waals surface area contributed by atoms with E-state index in [1.807, 2.05) is 24.4 Å². The highest BCUT2D eigenvalue weighted by molar-refractivity contribution is 5.43. The third-order valence-corrected chi connectivity index (χ3v) is 4.40. The number of rotatable bonds is 5. The summed E-state index contributed by atoms with van der Waals surface area (Å²) in [6.45, 7) is 4.63. The zero-order chi connectivity index (χ0) is 16.1. The summed E-state index contributed by atoms with van der Waals surface area (Å²) < 4.78 is 1.57. The predicted molar refractivity (Wildman–Crippen MR) is 93.0 cm³/mol. The van der Waals surface area contributed by atoms with E-state index < -0.39 is 0 Å². The molecule has 5 heteroatoms. The van der Waals surface area contributed by atoms with Crippen LogP contribution in [0.1, 0.15) is 12.0 Å². The van der Waals surface area contributed by atoms with Crippen molar-refractivity contribution >= 4 is 5.69 Å². The Morgan fingerprint density at radius 1 is 1.09 bits per heavy atom. The molecule has 1 aliphatic rings. The zero-order valence-corrected chi connectivity index (χ0v) is 13.7. The number of aromatic nitrogens is 2. The smallest absolute Gasteiger partial charge is 0.268 e. The maximum Gasteiger partial charge on any atom is 0.268 e. The summed E-state index contributed by atoms with van der Waals surface area (Å²) in [6.07, 6.45) is 3.72. The van der Waals surface area contributed by atoms with Gasteiger partial charge >= 0.3 is 0 Å². The van der Waals surface area contributed by atoms with Crippen molar-refractivity contribution in [2.45, 2.75) is 19.4 Å². The zero-order valence-electron chi connectivity index (χ0n) is 13.7. The van der Waals surface area contributed by atoms with Crippen molar-refractivity contribution in [1.29, 1.82) is 0 Å². The van der Waals surface area contributed by atoms with Crippen LogP contribution in [0.4, 0.5) is 5.69 Å². The van der Waals surface area contributed by atoms with Crippen LogP contribution in [0.2, 0.25) is 0 Å². The van der Waals surface area contributed by atoms with Gasteiger partial charge in [0.2, 0.25) is 0 Å². The molecule has 1 aromatic carbocycles. The monoisotopic (exact) mass is 312 g/mol. The van der Waals surface area contributed by atoms with Crippen LogP contribution >= 0.6 is 0 Å². The molecule has 1 aromatic heterocycles. The van der Waals surface area contributed by atoms with E-state index in [2.05, 4.69) is 34.1 Å². The molecule has 3 rings (SSSR count). The Labute approximate surface area is 137 Å². The van der Waals surface area contributed by atoms with Gasteiger partial charge in [-0.05, 0) is 25.5 Å². The molecule has 0 N–H and O–H groups in total. The molecule has 1 aliphatic heterocycles. The molecular formula is C18H24N4O. The van der Waals surface area contributed by atoms with E-state index in [1.165, 1.54) is 5.56 Å². The lowest BCUT2D eigenvalue weighted by atomic mass is 10.1. The van der Waals surface area contributed by atoms with Crippen LogP contribution in [0.15, 0.2) is 47.4 Å². The molecule has 122 valence electrons. The number of benzene rings is 1. The van der Waals surface area contributed by atoms with E-state index in [4.69, 9.17) is 0 Å². The second kappa shape index (κ2) is 7.42. The number of hydrogen-bond donors (Lipinski definition) is 0. The van der Waals surface area contributed by atoms with Crippen molar-refractivity contribution in [3.8, 4) is 0 Å². The Hall–Kier alpha value is -2.14. The topological polar surface area (TPSA) is 41.4 Å². The normalized spacial score (nSPS) is 15.8. The quantitative estimate of drug-likeness (QED) is 0.841. The molecule has 2 aromatic rings. The van der Waals surface area contributed by atoms with Gasteiger partial charge in [0, 0.05) is 38.8 Å². The lowest BCUT2D eigenvalue weighted by molar-refractivity contribution is 0.312. The summed E-state index contributed by atoms with van der Waals surface area (Å²) in [7, 11) is 2.13. The van der Waals surface area contributed by atoms with E-state index in [1.54, 1.807) is 10.7 Å². The first-order chi connectivity index (χ1) is 11.2. The van der Waals surface area contributed by atoms with E-state index in [-0.39, 0.29) is 5.56 Å². The molecular weight excluding hydrogens is 288 g/mol. The SMILES string of the molecule is CN1CCN(c2cnn(CCCc3ccccc3)c(=O)c2)CC1.